The van der Waals surface area contributed by atoms with Crippen LogP contribution in [0.2, 0.25) is 0 Å². The minimum absolute atomic E-state index is 0.319. The minimum Gasteiger partial charge on any atom is -0.477 e. The molecule has 0 aliphatic heterocycles. The van der Waals surface area contributed by atoms with Crippen LogP contribution >= 0.6 is 0 Å². The van der Waals surface area contributed by atoms with Gasteiger partial charge < -0.3 is 15.1 Å². The number of hydrogen-bond acceptors (Lipinski definition) is 5. The minimum atomic E-state index is -1.26. The second-order valence-corrected chi connectivity index (χ2v) is 14.7. The van der Waals surface area contributed by atoms with E-state index in [1.165, 1.54) is 40.0 Å². The van der Waals surface area contributed by atoms with Gasteiger partial charge in [0.1, 0.15) is 23.3 Å². The number of carbonyl (C=O) groups is 2. The number of hydrogen-bond donors (Lipinski definition) is 2. The van der Waals surface area contributed by atoms with Gasteiger partial charge in [0, 0.05) is 17.1 Å². The molecule has 0 heterocycles. The highest BCUT2D eigenvalue weighted by molar-refractivity contribution is 6.06. The van der Waals surface area contributed by atoms with Gasteiger partial charge in [-0.15, -0.1) is 0 Å². The van der Waals surface area contributed by atoms with Gasteiger partial charge in [0.05, 0.1) is 0 Å². The van der Waals surface area contributed by atoms with Gasteiger partial charge in [-0.25, -0.2) is 9.59 Å². The highest BCUT2D eigenvalue weighted by atomic mass is 16.4. The van der Waals surface area contributed by atoms with Gasteiger partial charge >= 0.3 is 11.9 Å². The van der Waals surface area contributed by atoms with E-state index in [2.05, 4.69) is 132 Å². The van der Waals surface area contributed by atoms with Crippen LogP contribution in [0, 0.1) is 22.7 Å². The maximum atomic E-state index is 11.2. The Morgan fingerprint density at radius 3 is 1.00 bits per heavy atom. The van der Waals surface area contributed by atoms with E-state index in [1.807, 2.05) is 48.6 Å². The molecular formula is C56H37N3O4. The smallest absolute Gasteiger partial charge is 0.346 e. The van der Waals surface area contributed by atoms with Crippen LogP contribution in [0.25, 0.3) is 59.2 Å². The number of rotatable bonds is 12. The molecule has 0 radical (unpaired) electrons. The second-order valence-electron chi connectivity index (χ2n) is 14.7. The second kappa shape index (κ2) is 18.5. The first-order valence-electron chi connectivity index (χ1n) is 20.0. The van der Waals surface area contributed by atoms with E-state index >= 15 is 0 Å². The summed E-state index contributed by atoms with van der Waals surface area (Å²) in [5.41, 5.74) is 14.7. The van der Waals surface area contributed by atoms with Crippen molar-refractivity contribution < 1.29 is 19.8 Å². The van der Waals surface area contributed by atoms with Crippen LogP contribution in [-0.4, -0.2) is 22.2 Å². The van der Waals surface area contributed by atoms with Crippen LogP contribution in [0.1, 0.15) is 50.1 Å². The fraction of sp³-hybridized carbons (Fsp3) is 0. The quantitative estimate of drug-likeness (QED) is 0.0714. The van der Waals surface area contributed by atoms with Crippen molar-refractivity contribution in [2.24, 2.45) is 0 Å². The number of nitriles is 2. The summed E-state index contributed by atoms with van der Waals surface area (Å²) in [6, 6.07) is 60.3. The number of benzene rings is 7. The van der Waals surface area contributed by atoms with E-state index in [9.17, 15) is 19.8 Å². The Kier molecular flexibility index (Phi) is 11.9. The first kappa shape index (κ1) is 40.7. The number of fused-ring (bicyclic) bond motifs is 3. The van der Waals surface area contributed by atoms with Crippen molar-refractivity contribution in [1.82, 2.24) is 0 Å². The molecule has 2 N–H and O–H groups in total. The Morgan fingerprint density at radius 2 is 0.683 bits per heavy atom. The molecule has 7 nitrogen and oxygen atoms in total. The molecule has 8 rings (SSSR count). The zero-order valence-corrected chi connectivity index (χ0v) is 33.8. The summed E-state index contributed by atoms with van der Waals surface area (Å²) in [5.74, 6) is -2.51. The number of anilines is 3. The van der Waals surface area contributed by atoms with Gasteiger partial charge in [0.2, 0.25) is 0 Å². The Bertz CT molecular complexity index is 2900. The topological polar surface area (TPSA) is 125 Å². The van der Waals surface area contributed by atoms with Gasteiger partial charge in [-0.1, -0.05) is 158 Å². The average molecular weight is 816 g/mol. The third kappa shape index (κ3) is 9.40. The zero-order valence-electron chi connectivity index (χ0n) is 33.8. The van der Waals surface area contributed by atoms with Crippen molar-refractivity contribution in [2.75, 3.05) is 4.90 Å². The summed E-state index contributed by atoms with van der Waals surface area (Å²) in [7, 11) is 0. The van der Waals surface area contributed by atoms with E-state index in [-0.39, 0.29) is 11.1 Å². The lowest BCUT2D eigenvalue weighted by molar-refractivity contribution is -0.133. The Labute approximate surface area is 365 Å². The zero-order chi connectivity index (χ0) is 43.7. The van der Waals surface area contributed by atoms with Crippen molar-refractivity contribution in [3.05, 3.63) is 231 Å². The highest BCUT2D eigenvalue weighted by Crippen LogP contribution is 2.45. The van der Waals surface area contributed by atoms with Gasteiger partial charge in [0.25, 0.3) is 0 Å². The van der Waals surface area contributed by atoms with Crippen LogP contribution in [-0.2, 0) is 9.59 Å². The molecule has 0 saturated heterocycles. The van der Waals surface area contributed by atoms with E-state index in [0.29, 0.717) is 11.1 Å². The summed E-state index contributed by atoms with van der Waals surface area (Å²) in [6.45, 7) is 0. The standard InChI is InChI=1S/C56H37N3O4/c57-36-45(55(60)61)33-42-17-13-38(14-18-42)9-11-40-21-27-47(28-22-40)59(48-29-23-41(24-30-48)12-10-39-15-19-43(20-16-39)34-46(37-58)56(62)63)49-31-25-44(26-32-49)35-54-52-7-3-1-5-50(52)51-6-2-4-8-53(51)54/h1-35H,(H,60,61)(H,62,63)/b11-9+,12-10+,45-33+,46-34+. The first-order valence-corrected chi connectivity index (χ1v) is 20.0. The van der Waals surface area contributed by atoms with Crippen molar-refractivity contribution in [3.8, 4) is 23.3 Å². The lowest BCUT2D eigenvalue weighted by atomic mass is 10.0. The molecule has 0 bridgehead atoms. The molecule has 0 amide bonds. The molecule has 0 unspecified atom stereocenters. The Morgan fingerprint density at radius 1 is 0.397 bits per heavy atom. The Hall–Kier alpha value is -9.04. The first-order chi connectivity index (χ1) is 30.8. The summed E-state index contributed by atoms with van der Waals surface area (Å²) < 4.78 is 0. The number of nitrogens with zero attached hydrogens (tertiary/aromatic N) is 3. The molecule has 0 fully saturated rings. The van der Waals surface area contributed by atoms with Crippen molar-refractivity contribution in [2.45, 2.75) is 0 Å². The van der Waals surface area contributed by atoms with Crippen molar-refractivity contribution in [1.29, 1.82) is 10.5 Å². The molecule has 0 saturated carbocycles. The van der Waals surface area contributed by atoms with Crippen molar-refractivity contribution >= 4 is 77.1 Å². The third-order valence-corrected chi connectivity index (χ3v) is 10.6. The molecular weight excluding hydrogens is 779 g/mol. The number of carboxylic acid groups (broad SMARTS) is 2. The van der Waals surface area contributed by atoms with E-state index in [0.717, 1.165) is 44.9 Å². The van der Waals surface area contributed by atoms with Gasteiger partial charge in [-0.2, -0.15) is 10.5 Å². The number of carboxylic acids is 2. The molecule has 300 valence electrons. The largest absolute Gasteiger partial charge is 0.477 e. The summed E-state index contributed by atoms with van der Waals surface area (Å²) in [4.78, 5) is 24.7. The normalized spacial score (nSPS) is 12.1. The maximum absolute atomic E-state index is 11.2. The van der Waals surface area contributed by atoms with Gasteiger partial charge in [-0.05, 0) is 121 Å². The molecule has 0 spiro atoms. The molecule has 7 heteroatoms. The molecule has 1 aliphatic carbocycles. The van der Waals surface area contributed by atoms with E-state index in [4.69, 9.17) is 10.5 Å². The molecule has 0 aromatic heterocycles. The summed E-state index contributed by atoms with van der Waals surface area (Å²) in [5, 5.41) is 36.5. The van der Waals surface area contributed by atoms with Gasteiger partial charge in [0.15, 0.2) is 0 Å². The summed E-state index contributed by atoms with van der Waals surface area (Å²) >= 11 is 0. The SMILES string of the molecule is N#C/C(=C\c1ccc(/C=C/c2ccc(N(c3ccc(C=C4c5ccccc5-c5ccccc54)cc3)c3ccc(/C=C/c4ccc(/C=C(\C#N)C(=O)O)cc4)cc3)cc2)cc1)C(=O)O. The lowest BCUT2D eigenvalue weighted by Gasteiger charge is -2.26. The van der Waals surface area contributed by atoms with E-state index in [1.54, 1.807) is 36.4 Å². The van der Waals surface area contributed by atoms with Crippen LogP contribution < -0.4 is 4.90 Å². The summed E-state index contributed by atoms with van der Waals surface area (Å²) in [6.07, 6.45) is 13.0. The van der Waals surface area contributed by atoms with E-state index < -0.39 is 11.9 Å². The lowest BCUT2D eigenvalue weighted by Crippen LogP contribution is -2.09. The molecule has 7 aromatic rings. The highest BCUT2D eigenvalue weighted by Gasteiger charge is 2.22. The van der Waals surface area contributed by atoms with Crippen LogP contribution in [0.15, 0.2) is 181 Å². The molecule has 1 aliphatic rings. The molecule has 0 atom stereocenters. The fourth-order valence-corrected chi connectivity index (χ4v) is 7.42. The van der Waals surface area contributed by atoms with Crippen LogP contribution in [0.5, 0.6) is 0 Å². The maximum Gasteiger partial charge on any atom is 0.346 e. The predicted molar refractivity (Wildman–Crippen MR) is 253 cm³/mol. The fourth-order valence-electron chi connectivity index (χ4n) is 7.42. The predicted octanol–water partition coefficient (Wildman–Crippen LogP) is 13.0. The molecule has 7 aromatic carbocycles. The van der Waals surface area contributed by atoms with Crippen LogP contribution in [0.3, 0.4) is 0 Å². The Balaban J connectivity index is 1.06. The number of aliphatic carboxylic acids is 2. The monoisotopic (exact) mass is 815 g/mol. The van der Waals surface area contributed by atoms with Crippen LogP contribution in [0.4, 0.5) is 17.1 Å². The van der Waals surface area contributed by atoms with Gasteiger partial charge in [-0.3, -0.25) is 0 Å². The molecule has 63 heavy (non-hydrogen) atoms. The average Bonchev–Trinajstić information content (AvgIpc) is 3.63. The third-order valence-electron chi connectivity index (χ3n) is 10.6. The van der Waals surface area contributed by atoms with Crippen molar-refractivity contribution in [3.63, 3.8) is 0 Å².